The molecule has 1 heterocycles. The van der Waals surface area contributed by atoms with Gasteiger partial charge in [-0.15, -0.1) is 0 Å². The van der Waals surface area contributed by atoms with Crippen molar-refractivity contribution in [3.8, 4) is 0 Å². The molecule has 0 aliphatic carbocycles. The van der Waals surface area contributed by atoms with E-state index in [1.165, 1.54) is 28.6 Å². The van der Waals surface area contributed by atoms with Crippen molar-refractivity contribution in [2.45, 2.75) is 29.8 Å². The number of nitro groups is 1. The number of para-hydroxylation sites is 1. The van der Waals surface area contributed by atoms with E-state index in [1.54, 1.807) is 0 Å². The van der Waals surface area contributed by atoms with Crippen LogP contribution in [0.5, 0.6) is 0 Å². The number of hydrogen-bond donors (Lipinski definition) is 1. The first kappa shape index (κ1) is 17.5. The molecule has 0 saturated carbocycles. The van der Waals surface area contributed by atoms with Gasteiger partial charge >= 0.3 is 0 Å². The molecule has 1 aliphatic rings. The smallest absolute Gasteiger partial charge is 0.289 e. The minimum Gasteiger partial charge on any atom is -0.328 e. The Bertz CT molecular complexity index is 870. The van der Waals surface area contributed by atoms with Crippen LogP contribution in [0.3, 0.4) is 0 Å². The lowest BCUT2D eigenvalue weighted by Crippen LogP contribution is -2.45. The van der Waals surface area contributed by atoms with Crippen LogP contribution < -0.4 is 5.73 Å². The Hall–Kier alpha value is -2.29. The van der Waals surface area contributed by atoms with Gasteiger partial charge in [-0.25, -0.2) is 8.42 Å². The zero-order valence-electron chi connectivity index (χ0n) is 13.5. The van der Waals surface area contributed by atoms with E-state index in [9.17, 15) is 18.5 Å². The van der Waals surface area contributed by atoms with Crippen molar-refractivity contribution in [3.05, 3.63) is 70.3 Å². The van der Waals surface area contributed by atoms with Crippen molar-refractivity contribution >= 4 is 15.7 Å². The standard InChI is InChI=1S/C17H19N3O4S/c18-14-10-11-19(16(12-14)13-6-2-1-3-7-13)25(23,24)17-9-5-4-8-15(17)20(21)22/h1-9,14,16H,10-12,18H2/t14-,16-/m1/s1. The quantitative estimate of drug-likeness (QED) is 0.665. The van der Waals surface area contributed by atoms with Gasteiger partial charge in [0.05, 0.1) is 11.0 Å². The minimum atomic E-state index is -4.02. The molecule has 132 valence electrons. The second kappa shape index (κ2) is 6.91. The highest BCUT2D eigenvalue weighted by Gasteiger charge is 2.39. The van der Waals surface area contributed by atoms with Crippen molar-refractivity contribution in [2.75, 3.05) is 6.54 Å². The van der Waals surface area contributed by atoms with Crippen molar-refractivity contribution in [1.82, 2.24) is 4.31 Å². The van der Waals surface area contributed by atoms with Crippen LogP contribution in [0, 0.1) is 10.1 Å². The Morgan fingerprint density at radius 3 is 2.40 bits per heavy atom. The summed E-state index contributed by atoms with van der Waals surface area (Å²) in [4.78, 5) is 10.3. The molecule has 25 heavy (non-hydrogen) atoms. The Kier molecular flexibility index (Phi) is 4.85. The molecule has 8 heteroatoms. The van der Waals surface area contributed by atoms with Crippen molar-refractivity contribution in [2.24, 2.45) is 5.73 Å². The lowest BCUT2D eigenvalue weighted by Gasteiger charge is -2.37. The fraction of sp³-hybridized carbons (Fsp3) is 0.294. The van der Waals surface area contributed by atoms with Crippen LogP contribution in [0.1, 0.15) is 24.4 Å². The van der Waals surface area contributed by atoms with E-state index in [-0.39, 0.29) is 17.5 Å². The first-order chi connectivity index (χ1) is 11.9. The highest BCUT2D eigenvalue weighted by Crippen LogP contribution is 2.37. The van der Waals surface area contributed by atoms with Gasteiger partial charge in [-0.2, -0.15) is 4.31 Å². The van der Waals surface area contributed by atoms with Gasteiger partial charge in [-0.05, 0) is 24.5 Å². The molecule has 1 aliphatic heterocycles. The highest BCUT2D eigenvalue weighted by atomic mass is 32.2. The third kappa shape index (κ3) is 3.41. The number of sulfonamides is 1. The molecule has 0 amide bonds. The van der Waals surface area contributed by atoms with E-state index in [1.807, 2.05) is 30.3 Å². The summed E-state index contributed by atoms with van der Waals surface area (Å²) >= 11 is 0. The van der Waals surface area contributed by atoms with Gasteiger partial charge in [-0.1, -0.05) is 42.5 Å². The molecule has 2 N–H and O–H groups in total. The number of piperidine rings is 1. The van der Waals surface area contributed by atoms with Crippen LogP contribution in [0.2, 0.25) is 0 Å². The van der Waals surface area contributed by atoms with Crippen LogP contribution in [0.4, 0.5) is 5.69 Å². The summed E-state index contributed by atoms with van der Waals surface area (Å²) in [5.41, 5.74) is 6.48. The summed E-state index contributed by atoms with van der Waals surface area (Å²) in [6.07, 6.45) is 0.993. The van der Waals surface area contributed by atoms with E-state index < -0.39 is 26.7 Å². The number of nitrogens with zero attached hydrogens (tertiary/aromatic N) is 2. The first-order valence-electron chi connectivity index (χ1n) is 7.97. The maximum absolute atomic E-state index is 13.2. The molecule has 3 rings (SSSR count). The molecule has 1 saturated heterocycles. The number of nitrogens with two attached hydrogens (primary N) is 1. The summed E-state index contributed by atoms with van der Waals surface area (Å²) in [7, 11) is -4.02. The van der Waals surface area contributed by atoms with Gasteiger partial charge in [0.2, 0.25) is 10.0 Å². The van der Waals surface area contributed by atoms with E-state index in [0.29, 0.717) is 12.8 Å². The average Bonchev–Trinajstić information content (AvgIpc) is 2.62. The Morgan fingerprint density at radius 1 is 1.08 bits per heavy atom. The van der Waals surface area contributed by atoms with Crippen molar-refractivity contribution < 1.29 is 13.3 Å². The molecule has 7 nitrogen and oxygen atoms in total. The van der Waals surface area contributed by atoms with Crippen LogP contribution in [0.15, 0.2) is 59.5 Å². The molecular weight excluding hydrogens is 342 g/mol. The van der Waals surface area contributed by atoms with Gasteiger partial charge in [-0.3, -0.25) is 10.1 Å². The van der Waals surface area contributed by atoms with E-state index >= 15 is 0 Å². The monoisotopic (exact) mass is 361 g/mol. The Balaban J connectivity index is 2.07. The van der Waals surface area contributed by atoms with Gasteiger partial charge in [0.25, 0.3) is 5.69 Å². The zero-order valence-corrected chi connectivity index (χ0v) is 14.3. The summed E-state index contributed by atoms with van der Waals surface area (Å²) in [6.45, 7) is 0.231. The molecule has 2 aromatic rings. The predicted molar refractivity (Wildman–Crippen MR) is 93.4 cm³/mol. The molecule has 0 bridgehead atoms. The maximum Gasteiger partial charge on any atom is 0.289 e. The van der Waals surface area contributed by atoms with Crippen LogP contribution in [-0.2, 0) is 10.0 Å². The molecule has 1 fully saturated rings. The molecule has 2 atom stereocenters. The molecule has 0 aromatic heterocycles. The zero-order chi connectivity index (χ0) is 18.0. The maximum atomic E-state index is 13.2. The number of hydrogen-bond acceptors (Lipinski definition) is 5. The minimum absolute atomic E-state index is 0.109. The average molecular weight is 361 g/mol. The van der Waals surface area contributed by atoms with E-state index in [4.69, 9.17) is 5.73 Å². The summed E-state index contributed by atoms with van der Waals surface area (Å²) in [6, 6.07) is 14.1. The fourth-order valence-corrected chi connectivity index (χ4v) is 4.99. The third-order valence-corrected chi connectivity index (χ3v) is 6.38. The summed E-state index contributed by atoms with van der Waals surface area (Å²) in [5, 5.41) is 11.3. The third-order valence-electron chi connectivity index (χ3n) is 4.43. The predicted octanol–water partition coefficient (Wildman–Crippen LogP) is 2.45. The van der Waals surface area contributed by atoms with Crippen LogP contribution in [-0.4, -0.2) is 30.2 Å². The molecule has 2 aromatic carbocycles. The second-order valence-corrected chi connectivity index (χ2v) is 7.91. The first-order valence-corrected chi connectivity index (χ1v) is 9.41. The number of nitro benzene ring substituents is 1. The summed E-state index contributed by atoms with van der Waals surface area (Å²) in [5.74, 6) is 0. The fourth-order valence-electron chi connectivity index (χ4n) is 3.19. The van der Waals surface area contributed by atoms with Crippen LogP contribution >= 0.6 is 0 Å². The normalized spacial score (nSPS) is 21.8. The summed E-state index contributed by atoms with van der Waals surface area (Å²) < 4.78 is 27.7. The number of rotatable bonds is 4. The van der Waals surface area contributed by atoms with E-state index in [2.05, 4.69) is 0 Å². The Labute approximate surface area is 146 Å². The van der Waals surface area contributed by atoms with Crippen LogP contribution in [0.25, 0.3) is 0 Å². The molecule has 0 unspecified atom stereocenters. The lowest BCUT2D eigenvalue weighted by atomic mass is 9.94. The van der Waals surface area contributed by atoms with Gasteiger partial charge in [0.1, 0.15) is 0 Å². The Morgan fingerprint density at radius 2 is 1.72 bits per heavy atom. The van der Waals surface area contributed by atoms with Crippen molar-refractivity contribution in [1.29, 1.82) is 0 Å². The topological polar surface area (TPSA) is 107 Å². The van der Waals surface area contributed by atoms with Gasteiger partial charge in [0, 0.05) is 18.7 Å². The highest BCUT2D eigenvalue weighted by molar-refractivity contribution is 7.89. The SMILES string of the molecule is N[C@@H]1CCN(S(=O)(=O)c2ccccc2[N+](=O)[O-])[C@@H](c2ccccc2)C1. The molecular formula is C17H19N3O4S. The molecule has 0 spiro atoms. The largest absolute Gasteiger partial charge is 0.328 e. The molecule has 0 radical (unpaired) electrons. The van der Waals surface area contributed by atoms with Gasteiger partial charge in [0.15, 0.2) is 4.90 Å². The number of benzene rings is 2. The van der Waals surface area contributed by atoms with E-state index in [0.717, 1.165) is 5.56 Å². The lowest BCUT2D eigenvalue weighted by molar-refractivity contribution is -0.387. The second-order valence-electron chi connectivity index (χ2n) is 6.05. The van der Waals surface area contributed by atoms with Crippen molar-refractivity contribution in [3.63, 3.8) is 0 Å². The van der Waals surface area contributed by atoms with Gasteiger partial charge < -0.3 is 5.73 Å².